The van der Waals surface area contributed by atoms with Crippen molar-refractivity contribution in [2.24, 2.45) is 0 Å². The fraction of sp³-hybridized carbons (Fsp3) is 0.300. The molecule has 3 aromatic rings. The molecule has 1 aromatic carbocycles. The number of anilines is 2. The zero-order valence-electron chi connectivity index (χ0n) is 15.5. The second-order valence-electron chi connectivity index (χ2n) is 7.18. The number of amides is 2. The smallest absolute Gasteiger partial charge is 0.230 e. The Labute approximate surface area is 170 Å². The highest BCUT2D eigenvalue weighted by Crippen LogP contribution is 2.35. The van der Waals surface area contributed by atoms with Crippen LogP contribution in [0.4, 0.5) is 15.9 Å². The summed E-state index contributed by atoms with van der Waals surface area (Å²) in [5.41, 5.74) is 1.99. The molecular weight excluding hydrogens is 393 g/mol. The number of nitrogens with one attached hydrogen (secondary N) is 1. The maximum atomic E-state index is 13.5. The van der Waals surface area contributed by atoms with Gasteiger partial charge in [-0.05, 0) is 29.1 Å². The van der Waals surface area contributed by atoms with E-state index in [2.05, 4.69) is 20.2 Å². The summed E-state index contributed by atoms with van der Waals surface area (Å²) >= 11 is 1.61. The van der Waals surface area contributed by atoms with Crippen LogP contribution < -0.4 is 10.2 Å². The number of thiophene rings is 1. The summed E-state index contributed by atoms with van der Waals surface area (Å²) in [6, 6.07) is 6.17. The molecule has 1 unspecified atom stereocenters. The standard InChI is InChI=1S/C20H18FN5O2S/c21-12-1-2-13-14(10-17(27)24-16(13)9-12)20(28)26-6-4-25(5-7-26)19-18-15(3-8-29-18)22-11-23-19/h1-3,8-9,11,14H,4-7,10H2,(H,24,27). The highest BCUT2D eigenvalue weighted by atomic mass is 32.1. The quantitative estimate of drug-likeness (QED) is 0.701. The van der Waals surface area contributed by atoms with Crippen LogP contribution in [-0.2, 0) is 9.59 Å². The highest BCUT2D eigenvalue weighted by Gasteiger charge is 2.35. The van der Waals surface area contributed by atoms with E-state index < -0.39 is 11.7 Å². The lowest BCUT2D eigenvalue weighted by Crippen LogP contribution is -2.51. The molecule has 1 fully saturated rings. The van der Waals surface area contributed by atoms with Gasteiger partial charge in [0.2, 0.25) is 11.8 Å². The molecule has 7 nitrogen and oxygen atoms in total. The van der Waals surface area contributed by atoms with Crippen LogP contribution >= 0.6 is 11.3 Å². The molecule has 5 rings (SSSR count). The van der Waals surface area contributed by atoms with Gasteiger partial charge in [0.25, 0.3) is 0 Å². The summed E-state index contributed by atoms with van der Waals surface area (Å²) in [5.74, 6) is -0.461. The average Bonchev–Trinajstić information content (AvgIpc) is 3.21. The second-order valence-corrected chi connectivity index (χ2v) is 8.10. The number of carbonyl (C=O) groups excluding carboxylic acids is 2. The Hall–Kier alpha value is -3.07. The maximum Gasteiger partial charge on any atom is 0.230 e. The highest BCUT2D eigenvalue weighted by molar-refractivity contribution is 7.17. The summed E-state index contributed by atoms with van der Waals surface area (Å²) in [4.78, 5) is 37.9. The van der Waals surface area contributed by atoms with Crippen molar-refractivity contribution in [3.63, 3.8) is 0 Å². The first-order valence-corrected chi connectivity index (χ1v) is 10.3. The third kappa shape index (κ3) is 3.21. The van der Waals surface area contributed by atoms with Gasteiger partial charge < -0.3 is 15.1 Å². The number of aromatic nitrogens is 2. The zero-order chi connectivity index (χ0) is 20.0. The lowest BCUT2D eigenvalue weighted by molar-refractivity contribution is -0.135. The molecule has 148 valence electrons. The van der Waals surface area contributed by atoms with Crippen LogP contribution in [0.5, 0.6) is 0 Å². The van der Waals surface area contributed by atoms with Gasteiger partial charge in [0.1, 0.15) is 18.0 Å². The predicted molar refractivity (Wildman–Crippen MR) is 109 cm³/mol. The largest absolute Gasteiger partial charge is 0.352 e. The number of benzene rings is 1. The maximum absolute atomic E-state index is 13.5. The summed E-state index contributed by atoms with van der Waals surface area (Å²) in [6.07, 6.45) is 1.65. The fourth-order valence-corrected chi connectivity index (χ4v) is 4.88. The number of rotatable bonds is 2. The second kappa shape index (κ2) is 7.07. The molecule has 9 heteroatoms. The van der Waals surface area contributed by atoms with Crippen molar-refractivity contribution in [3.05, 3.63) is 47.4 Å². The van der Waals surface area contributed by atoms with Gasteiger partial charge in [0.05, 0.1) is 16.1 Å². The van der Waals surface area contributed by atoms with Crippen molar-refractivity contribution in [1.29, 1.82) is 0 Å². The van der Waals surface area contributed by atoms with Gasteiger partial charge in [0, 0.05) is 38.3 Å². The minimum absolute atomic E-state index is 0.0827. The van der Waals surface area contributed by atoms with Crippen molar-refractivity contribution in [2.75, 3.05) is 36.4 Å². The van der Waals surface area contributed by atoms with Crippen molar-refractivity contribution in [1.82, 2.24) is 14.9 Å². The van der Waals surface area contributed by atoms with Crippen molar-refractivity contribution < 1.29 is 14.0 Å². The molecule has 0 saturated carbocycles. The summed E-state index contributed by atoms with van der Waals surface area (Å²) in [6.45, 7) is 2.41. The van der Waals surface area contributed by atoms with E-state index >= 15 is 0 Å². The number of halogens is 1. The lowest BCUT2D eigenvalue weighted by atomic mass is 9.89. The molecule has 2 amide bonds. The van der Waals surface area contributed by atoms with E-state index in [0.29, 0.717) is 37.4 Å². The van der Waals surface area contributed by atoms with Crippen LogP contribution in [0, 0.1) is 5.82 Å². The average molecular weight is 411 g/mol. The van der Waals surface area contributed by atoms with E-state index in [1.165, 1.54) is 12.1 Å². The van der Waals surface area contributed by atoms with Gasteiger partial charge in [-0.1, -0.05) is 6.07 Å². The van der Waals surface area contributed by atoms with Crippen LogP contribution in [0.15, 0.2) is 36.0 Å². The van der Waals surface area contributed by atoms with E-state index in [4.69, 9.17) is 0 Å². The summed E-state index contributed by atoms with van der Waals surface area (Å²) < 4.78 is 14.6. The van der Waals surface area contributed by atoms with Crippen molar-refractivity contribution in [2.45, 2.75) is 12.3 Å². The SMILES string of the molecule is O=C1CC(C(=O)N2CCN(c3ncnc4ccsc34)CC2)c2ccc(F)cc2N1. The molecule has 2 aromatic heterocycles. The van der Waals surface area contributed by atoms with Gasteiger partial charge in [-0.25, -0.2) is 14.4 Å². The van der Waals surface area contributed by atoms with Gasteiger partial charge >= 0.3 is 0 Å². The van der Waals surface area contributed by atoms with Crippen molar-refractivity contribution in [3.8, 4) is 0 Å². The van der Waals surface area contributed by atoms with E-state index in [-0.39, 0.29) is 18.2 Å². The van der Waals surface area contributed by atoms with Crippen LogP contribution in [0.1, 0.15) is 17.9 Å². The molecule has 29 heavy (non-hydrogen) atoms. The number of nitrogens with zero attached hydrogens (tertiary/aromatic N) is 4. The number of piperazine rings is 1. The Balaban J connectivity index is 1.33. The molecule has 2 aliphatic rings. The Bertz CT molecular complexity index is 1110. The third-order valence-electron chi connectivity index (χ3n) is 5.47. The Morgan fingerprint density at radius 1 is 1.17 bits per heavy atom. The van der Waals surface area contributed by atoms with E-state index in [1.54, 1.807) is 28.6 Å². The monoisotopic (exact) mass is 411 g/mol. The predicted octanol–water partition coefficient (Wildman–Crippen LogP) is 2.60. The first kappa shape index (κ1) is 18.0. The molecular formula is C20H18FN5O2S. The number of hydrogen-bond donors (Lipinski definition) is 1. The molecule has 0 spiro atoms. The Kier molecular flexibility index (Phi) is 4.39. The number of hydrogen-bond acceptors (Lipinski definition) is 6. The minimum atomic E-state index is -0.575. The Morgan fingerprint density at radius 3 is 2.83 bits per heavy atom. The Morgan fingerprint density at radius 2 is 2.00 bits per heavy atom. The number of fused-ring (bicyclic) bond motifs is 2. The third-order valence-corrected chi connectivity index (χ3v) is 6.37. The number of carbonyl (C=O) groups is 2. The van der Waals surface area contributed by atoms with E-state index in [0.717, 1.165) is 16.0 Å². The molecule has 1 saturated heterocycles. The van der Waals surface area contributed by atoms with E-state index in [9.17, 15) is 14.0 Å². The molecule has 0 aliphatic carbocycles. The fourth-order valence-electron chi connectivity index (χ4n) is 4.02. The molecule has 0 radical (unpaired) electrons. The first-order chi connectivity index (χ1) is 14.1. The van der Waals surface area contributed by atoms with E-state index in [1.807, 2.05) is 11.4 Å². The van der Waals surface area contributed by atoms with Gasteiger partial charge in [-0.3, -0.25) is 9.59 Å². The van der Waals surface area contributed by atoms with Crippen LogP contribution in [0.25, 0.3) is 10.2 Å². The molecule has 0 bridgehead atoms. The molecule has 1 N–H and O–H groups in total. The molecule has 2 aliphatic heterocycles. The summed E-state index contributed by atoms with van der Waals surface area (Å²) in [7, 11) is 0. The van der Waals surface area contributed by atoms with Gasteiger partial charge in [-0.15, -0.1) is 11.3 Å². The topological polar surface area (TPSA) is 78.4 Å². The normalized spacial score (nSPS) is 19.2. The van der Waals surface area contributed by atoms with Crippen LogP contribution in [-0.4, -0.2) is 52.9 Å². The lowest BCUT2D eigenvalue weighted by Gasteiger charge is -2.38. The van der Waals surface area contributed by atoms with Gasteiger partial charge in [-0.2, -0.15) is 0 Å². The van der Waals surface area contributed by atoms with Crippen LogP contribution in [0.3, 0.4) is 0 Å². The molecule has 1 atom stereocenters. The van der Waals surface area contributed by atoms with Crippen LogP contribution in [0.2, 0.25) is 0 Å². The summed E-state index contributed by atoms with van der Waals surface area (Å²) in [5, 5.41) is 4.66. The van der Waals surface area contributed by atoms with Gasteiger partial charge in [0.15, 0.2) is 0 Å². The first-order valence-electron chi connectivity index (χ1n) is 9.41. The van der Waals surface area contributed by atoms with Crippen molar-refractivity contribution >= 4 is 44.9 Å². The minimum Gasteiger partial charge on any atom is -0.352 e. The zero-order valence-corrected chi connectivity index (χ0v) is 16.3. The molecule has 4 heterocycles.